The number of carbonyl (C=O) groups is 2. The topological polar surface area (TPSA) is 65.9 Å². The Bertz CT molecular complexity index is 1350. The maximum atomic E-state index is 15.0. The maximum absolute atomic E-state index is 15.0. The summed E-state index contributed by atoms with van der Waals surface area (Å²) in [5, 5.41) is 5.59. The van der Waals surface area contributed by atoms with E-state index in [9.17, 15) is 0 Å². The molecule has 1 saturated heterocycles. The van der Waals surface area contributed by atoms with Crippen LogP contribution in [-0.2, 0) is 33.2 Å². The van der Waals surface area contributed by atoms with Crippen LogP contribution in [0.2, 0.25) is 0 Å². The summed E-state index contributed by atoms with van der Waals surface area (Å²) in [6.07, 6.45) is -2.98. The van der Waals surface area contributed by atoms with Crippen LogP contribution in [0.4, 0.5) is 5.69 Å². The molecule has 3 rings (SSSR count). The van der Waals surface area contributed by atoms with E-state index in [1.165, 1.54) is 4.90 Å². The highest BCUT2D eigenvalue weighted by Gasteiger charge is 2.65. The highest BCUT2D eigenvalue weighted by Crippen LogP contribution is 2.69. The van der Waals surface area contributed by atoms with Crippen LogP contribution in [0.3, 0.4) is 0 Å². The van der Waals surface area contributed by atoms with Crippen LogP contribution >= 0.6 is 12.8 Å². The first-order chi connectivity index (χ1) is 22.1. The van der Waals surface area contributed by atoms with Crippen LogP contribution in [0.1, 0.15) is 111 Å². The van der Waals surface area contributed by atoms with Crippen molar-refractivity contribution in [1.82, 2.24) is 23.5 Å². The largest absolute Gasteiger partial charge is 0.273 e. The lowest BCUT2D eigenvalue weighted by molar-refractivity contribution is -0.122. The van der Waals surface area contributed by atoms with Crippen LogP contribution in [0, 0.1) is 5.92 Å². The van der Waals surface area contributed by atoms with E-state index >= 15 is 9.59 Å². The van der Waals surface area contributed by atoms with Crippen molar-refractivity contribution < 1.29 is 9.59 Å². The molecule has 13 heteroatoms. The van der Waals surface area contributed by atoms with E-state index in [-0.39, 0.29) is 60.1 Å². The summed E-state index contributed by atoms with van der Waals surface area (Å²) in [6, 6.07) is 8.87. The molecular weight excluding hydrogens is 677 g/mol. The predicted octanol–water partition coefficient (Wildman–Crippen LogP) is 8.18. The Morgan fingerprint density at radius 1 is 0.583 bits per heavy atom. The van der Waals surface area contributed by atoms with Crippen LogP contribution in [0.25, 0.3) is 0 Å². The molecule has 0 aromatic heterocycles. The Kier molecular flexibility index (Phi) is 13.5. The summed E-state index contributed by atoms with van der Waals surface area (Å²) in [7, 11) is 0. The summed E-state index contributed by atoms with van der Waals surface area (Å²) in [4.78, 5) is 31.4. The van der Waals surface area contributed by atoms with Gasteiger partial charge in [-0.1, -0.05) is 30.0 Å². The molecule has 0 radical (unpaired) electrons. The quantitative estimate of drug-likeness (QED) is 0.131. The summed E-state index contributed by atoms with van der Waals surface area (Å²) in [5.41, 5.74) is 1.20. The molecule has 0 bridgehead atoms. The van der Waals surface area contributed by atoms with Crippen LogP contribution in [-0.4, -0.2) is 95.1 Å². The Balaban J connectivity index is 2.60. The summed E-state index contributed by atoms with van der Waals surface area (Å²) < 4.78 is 11.5. The van der Waals surface area contributed by atoms with Crippen molar-refractivity contribution in [2.75, 3.05) is 4.90 Å². The lowest BCUT2D eigenvalue weighted by atomic mass is 10.1. The molecule has 2 aliphatic rings. The predicted molar refractivity (Wildman–Crippen MR) is 213 cm³/mol. The average Bonchev–Trinajstić information content (AvgIpc) is 3.44. The molecule has 48 heavy (non-hydrogen) atoms. The molecule has 0 spiro atoms. The van der Waals surface area contributed by atoms with Crippen molar-refractivity contribution in [3.05, 3.63) is 30.3 Å². The number of amides is 2. The van der Waals surface area contributed by atoms with Crippen molar-refractivity contribution in [2.24, 2.45) is 11.0 Å². The Hall–Kier alpha value is -1.03. The van der Waals surface area contributed by atoms with Crippen LogP contribution in [0.5, 0.6) is 0 Å². The van der Waals surface area contributed by atoms with Gasteiger partial charge < -0.3 is 0 Å². The molecule has 9 nitrogen and oxygen atoms in total. The zero-order valence-electron chi connectivity index (χ0n) is 32.3. The number of para-hydroxylation sites is 1. The highest BCUT2D eigenvalue weighted by atomic mass is 32.5. The first-order valence-corrected chi connectivity index (χ1v) is 23.1. The highest BCUT2D eigenvalue weighted by molar-refractivity contribution is 8.20. The number of hydrazone groups is 1. The van der Waals surface area contributed by atoms with Gasteiger partial charge in [0.15, 0.2) is 12.5 Å². The van der Waals surface area contributed by atoms with Gasteiger partial charge in [-0.05, 0) is 135 Å². The first kappa shape index (κ1) is 41.4. The van der Waals surface area contributed by atoms with Crippen molar-refractivity contribution in [3.8, 4) is 0 Å². The fraction of sp³-hybridized carbons (Fsp3) is 0.743. The molecule has 2 atom stereocenters. The molecule has 272 valence electrons. The summed E-state index contributed by atoms with van der Waals surface area (Å²) >= 11 is 14.1. The van der Waals surface area contributed by atoms with Crippen molar-refractivity contribution in [2.45, 2.75) is 165 Å². The molecule has 0 unspecified atom stereocenters. The van der Waals surface area contributed by atoms with Gasteiger partial charge in [0.25, 0.3) is 5.91 Å². The number of carbonyl (C=O) groups excluding carboxylic acids is 2. The van der Waals surface area contributed by atoms with Gasteiger partial charge in [-0.25, -0.2) is 19.0 Å². The van der Waals surface area contributed by atoms with E-state index in [0.29, 0.717) is 11.1 Å². The summed E-state index contributed by atoms with van der Waals surface area (Å²) in [6.45, 7) is 31.7. The Morgan fingerprint density at radius 2 is 0.938 bits per heavy atom. The van der Waals surface area contributed by atoms with Gasteiger partial charge >= 0.3 is 0 Å². The van der Waals surface area contributed by atoms with Crippen molar-refractivity contribution >= 4 is 59.4 Å². The number of fused-ring (bicyclic) bond motifs is 1. The Labute approximate surface area is 302 Å². The van der Waals surface area contributed by atoms with Crippen molar-refractivity contribution in [3.63, 3.8) is 0 Å². The van der Waals surface area contributed by atoms with E-state index in [1.807, 2.05) is 35.1 Å². The normalized spacial score (nSPS) is 19.7. The lowest BCUT2D eigenvalue weighted by Gasteiger charge is -2.53. The van der Waals surface area contributed by atoms with E-state index in [2.05, 4.69) is 129 Å². The molecule has 0 saturated carbocycles. The van der Waals surface area contributed by atoms with Crippen LogP contribution in [0.15, 0.2) is 35.4 Å². The van der Waals surface area contributed by atoms with Gasteiger partial charge in [0.05, 0.1) is 5.69 Å². The van der Waals surface area contributed by atoms with Gasteiger partial charge in [-0.2, -0.15) is 5.10 Å². The van der Waals surface area contributed by atoms with Gasteiger partial charge in [0, 0.05) is 48.3 Å². The maximum Gasteiger partial charge on any atom is 0.259 e. The number of rotatable bonds is 15. The molecule has 2 heterocycles. The second kappa shape index (κ2) is 15.7. The van der Waals surface area contributed by atoms with Crippen LogP contribution < -0.4 is 4.90 Å². The number of imide groups is 1. The molecule has 2 aliphatic heterocycles. The third-order valence-electron chi connectivity index (χ3n) is 9.05. The molecule has 1 aromatic carbocycles. The molecular formula is C35H63N7O2P2S2. The molecule has 1 fully saturated rings. The fourth-order valence-electron chi connectivity index (χ4n) is 8.19. The number of nitrogens with zero attached hydrogens (tertiary/aromatic N) is 7. The van der Waals surface area contributed by atoms with E-state index in [0.717, 1.165) is 0 Å². The number of hydrogen-bond acceptors (Lipinski definition) is 5. The molecule has 0 aliphatic carbocycles. The molecule has 1 aromatic rings. The lowest BCUT2D eigenvalue weighted by Crippen LogP contribution is -2.52. The van der Waals surface area contributed by atoms with E-state index in [1.54, 1.807) is 0 Å². The number of hydrogen-bond donors (Lipinski definition) is 0. The Morgan fingerprint density at radius 3 is 1.27 bits per heavy atom. The smallest absolute Gasteiger partial charge is 0.259 e. The third kappa shape index (κ3) is 7.06. The van der Waals surface area contributed by atoms with Crippen molar-refractivity contribution in [1.29, 1.82) is 0 Å². The third-order valence-corrected chi connectivity index (χ3v) is 20.4. The molecule has 2 amide bonds. The monoisotopic (exact) mass is 739 g/mol. The zero-order valence-corrected chi connectivity index (χ0v) is 35.7. The summed E-state index contributed by atoms with van der Waals surface area (Å²) in [5.74, 6) is -1.41. The standard InChI is InChI=1S/C35H63N7O2P2S2/c1-22(2)38(23(3)4)45(47,39(24(5)6)25(7)8)33-31-32(35(44)37(34(31)43)30-20-18-17-19-21-30)42(36-33)46(48,40(26(9)10)27(11)12)41(28(13)14)29(15)16/h17-29,31-32H,1-16H3/t31-,32-/m1/s1. The second-order valence-corrected chi connectivity index (χ2v) is 23.2. The molecule has 0 N–H and O–H groups in total. The van der Waals surface area contributed by atoms with Gasteiger partial charge in [0.1, 0.15) is 17.7 Å². The number of anilines is 1. The second-order valence-electron chi connectivity index (χ2n) is 15.4. The van der Waals surface area contributed by atoms with Gasteiger partial charge in [0.2, 0.25) is 5.91 Å². The van der Waals surface area contributed by atoms with E-state index in [4.69, 9.17) is 28.7 Å². The van der Waals surface area contributed by atoms with Gasteiger partial charge in [-0.15, -0.1) is 0 Å². The zero-order chi connectivity index (χ0) is 36.8. The number of benzene rings is 1. The minimum atomic E-state index is -3.05. The fourth-order valence-corrected chi connectivity index (χ4v) is 21.5. The SMILES string of the molecule is CC(C)N(C(C)C)P(=S)(C1=NN(P(=S)(N(C(C)C)C(C)C)N(C(C)C)C(C)C)[C@H]2C(=O)N(c3ccccc3)C(=O)[C@@H]12)N(C(C)C)C(C)C. The first-order valence-electron chi connectivity index (χ1n) is 17.8. The minimum Gasteiger partial charge on any atom is -0.273 e. The van der Waals surface area contributed by atoms with Gasteiger partial charge in [-0.3, -0.25) is 18.9 Å². The average molecular weight is 740 g/mol. The van der Waals surface area contributed by atoms with E-state index < -0.39 is 24.8 Å². The minimum absolute atomic E-state index is 0.0553.